The van der Waals surface area contributed by atoms with E-state index in [-0.39, 0.29) is 17.0 Å². The molecule has 0 aliphatic carbocycles. The molecule has 1 aromatic rings. The minimum Gasteiger partial charge on any atom is -0.379 e. The minimum absolute atomic E-state index is 0.200. The summed E-state index contributed by atoms with van der Waals surface area (Å²) in [5.41, 5.74) is 0.795. The van der Waals surface area contributed by atoms with Gasteiger partial charge < -0.3 is 14.8 Å². The second-order valence-corrected chi connectivity index (χ2v) is 4.14. The molecule has 0 fully saturated rings. The van der Waals surface area contributed by atoms with Crippen LogP contribution in [0.25, 0.3) is 0 Å². The van der Waals surface area contributed by atoms with Gasteiger partial charge in [0.1, 0.15) is 0 Å². The zero-order valence-corrected chi connectivity index (χ0v) is 12.0. The zero-order valence-electron chi connectivity index (χ0n) is 12.0. The van der Waals surface area contributed by atoms with Crippen LogP contribution in [0.2, 0.25) is 0 Å². The highest BCUT2D eigenvalue weighted by molar-refractivity contribution is 5.98. The van der Waals surface area contributed by atoms with Crippen LogP contribution < -0.4 is 5.32 Å². The van der Waals surface area contributed by atoms with E-state index in [0.717, 1.165) is 0 Å². The number of rotatable bonds is 10. The van der Waals surface area contributed by atoms with E-state index in [1.807, 2.05) is 6.92 Å². The SMILES string of the molecule is CCOCCOCCNC(=O)c1ccc(C=O)c(C=O)c1. The molecule has 0 spiro atoms. The summed E-state index contributed by atoms with van der Waals surface area (Å²) in [5.74, 6) is -0.316. The van der Waals surface area contributed by atoms with Gasteiger partial charge in [0, 0.05) is 29.8 Å². The molecule has 0 aromatic heterocycles. The van der Waals surface area contributed by atoms with Gasteiger partial charge >= 0.3 is 0 Å². The highest BCUT2D eigenvalue weighted by atomic mass is 16.5. The minimum atomic E-state index is -0.316. The van der Waals surface area contributed by atoms with Gasteiger partial charge in [0.25, 0.3) is 5.91 Å². The van der Waals surface area contributed by atoms with Gasteiger partial charge in [-0.05, 0) is 19.1 Å². The van der Waals surface area contributed by atoms with Crippen LogP contribution in [0.1, 0.15) is 38.0 Å². The molecule has 1 aromatic carbocycles. The highest BCUT2D eigenvalue weighted by Gasteiger charge is 2.08. The molecule has 0 saturated heterocycles. The summed E-state index contributed by atoms with van der Waals surface area (Å²) in [7, 11) is 0. The van der Waals surface area contributed by atoms with Gasteiger partial charge in [-0.3, -0.25) is 14.4 Å². The zero-order chi connectivity index (χ0) is 15.5. The van der Waals surface area contributed by atoms with Gasteiger partial charge in [0.15, 0.2) is 12.6 Å². The second-order valence-electron chi connectivity index (χ2n) is 4.14. The van der Waals surface area contributed by atoms with Gasteiger partial charge in [0.2, 0.25) is 0 Å². The predicted octanol–water partition coefficient (Wildman–Crippen LogP) is 1.09. The molecule has 0 aliphatic heterocycles. The van der Waals surface area contributed by atoms with Crippen LogP contribution in [0.5, 0.6) is 0 Å². The van der Waals surface area contributed by atoms with E-state index in [2.05, 4.69) is 5.32 Å². The molecule has 0 heterocycles. The van der Waals surface area contributed by atoms with E-state index in [4.69, 9.17) is 9.47 Å². The van der Waals surface area contributed by atoms with Gasteiger partial charge in [-0.2, -0.15) is 0 Å². The van der Waals surface area contributed by atoms with Crippen molar-refractivity contribution in [1.29, 1.82) is 0 Å². The van der Waals surface area contributed by atoms with Crippen LogP contribution in [0, 0.1) is 0 Å². The van der Waals surface area contributed by atoms with Crippen molar-refractivity contribution >= 4 is 18.5 Å². The van der Waals surface area contributed by atoms with E-state index in [1.54, 1.807) is 0 Å². The second kappa shape index (κ2) is 9.79. The number of benzene rings is 1. The Bertz CT molecular complexity index is 487. The Kier molecular flexibility index (Phi) is 7.93. The third-order valence-corrected chi connectivity index (χ3v) is 2.71. The van der Waals surface area contributed by atoms with Crippen LogP contribution >= 0.6 is 0 Å². The Balaban J connectivity index is 2.38. The lowest BCUT2D eigenvalue weighted by Gasteiger charge is -2.07. The molecule has 0 atom stereocenters. The Labute approximate surface area is 123 Å². The van der Waals surface area contributed by atoms with Gasteiger partial charge in [-0.15, -0.1) is 0 Å². The summed E-state index contributed by atoms with van der Waals surface area (Å²) < 4.78 is 10.4. The molecule has 21 heavy (non-hydrogen) atoms. The Morgan fingerprint density at radius 3 is 2.48 bits per heavy atom. The molecule has 6 nitrogen and oxygen atoms in total. The third kappa shape index (κ3) is 5.85. The number of hydrogen-bond donors (Lipinski definition) is 1. The lowest BCUT2D eigenvalue weighted by atomic mass is 10.1. The van der Waals surface area contributed by atoms with Crippen LogP contribution in [0.4, 0.5) is 0 Å². The predicted molar refractivity (Wildman–Crippen MR) is 76.9 cm³/mol. The summed E-state index contributed by atoms with van der Waals surface area (Å²) in [5, 5.41) is 2.67. The summed E-state index contributed by atoms with van der Waals surface area (Å²) in [4.78, 5) is 33.4. The lowest BCUT2D eigenvalue weighted by molar-refractivity contribution is 0.0531. The van der Waals surface area contributed by atoms with Crippen molar-refractivity contribution in [3.8, 4) is 0 Å². The van der Waals surface area contributed by atoms with Gasteiger partial charge in [-0.25, -0.2) is 0 Å². The molecular weight excluding hydrogens is 274 g/mol. The topological polar surface area (TPSA) is 81.7 Å². The van der Waals surface area contributed by atoms with E-state index in [9.17, 15) is 14.4 Å². The lowest BCUT2D eigenvalue weighted by Crippen LogP contribution is -2.27. The normalized spacial score (nSPS) is 10.1. The maximum atomic E-state index is 11.9. The Morgan fingerprint density at radius 1 is 1.10 bits per heavy atom. The Hall–Kier alpha value is -2.05. The van der Waals surface area contributed by atoms with Crippen LogP contribution in [-0.4, -0.2) is 51.5 Å². The first-order valence-electron chi connectivity index (χ1n) is 6.71. The number of amides is 1. The summed E-state index contributed by atoms with van der Waals surface area (Å²) >= 11 is 0. The number of ether oxygens (including phenoxy) is 2. The molecule has 6 heteroatoms. The van der Waals surface area contributed by atoms with Crippen molar-refractivity contribution in [2.45, 2.75) is 6.92 Å². The van der Waals surface area contributed by atoms with E-state index in [1.165, 1.54) is 18.2 Å². The van der Waals surface area contributed by atoms with Crippen molar-refractivity contribution in [2.75, 3.05) is 33.0 Å². The molecule has 1 amide bonds. The van der Waals surface area contributed by atoms with Crippen molar-refractivity contribution < 1.29 is 23.9 Å². The molecule has 0 radical (unpaired) electrons. The Morgan fingerprint density at radius 2 is 1.81 bits per heavy atom. The van der Waals surface area contributed by atoms with Gasteiger partial charge in [0.05, 0.1) is 19.8 Å². The van der Waals surface area contributed by atoms with E-state index in [0.29, 0.717) is 51.1 Å². The van der Waals surface area contributed by atoms with Gasteiger partial charge in [-0.1, -0.05) is 6.07 Å². The molecular formula is C15H19NO5. The molecule has 0 bridgehead atoms. The van der Waals surface area contributed by atoms with E-state index < -0.39 is 0 Å². The summed E-state index contributed by atoms with van der Waals surface area (Å²) in [6.45, 7) is 4.30. The number of nitrogens with one attached hydrogen (secondary N) is 1. The number of carbonyl (C=O) groups excluding carboxylic acids is 3. The fraction of sp³-hybridized carbons (Fsp3) is 0.400. The summed E-state index contributed by atoms with van der Waals surface area (Å²) in [6, 6.07) is 4.34. The van der Waals surface area contributed by atoms with Crippen molar-refractivity contribution in [3.63, 3.8) is 0 Å². The molecule has 0 unspecified atom stereocenters. The quantitative estimate of drug-likeness (QED) is 0.516. The first-order valence-corrected chi connectivity index (χ1v) is 6.71. The maximum Gasteiger partial charge on any atom is 0.251 e. The fourth-order valence-electron chi connectivity index (χ4n) is 1.63. The van der Waals surface area contributed by atoms with Crippen LogP contribution in [-0.2, 0) is 9.47 Å². The van der Waals surface area contributed by atoms with Crippen molar-refractivity contribution in [3.05, 3.63) is 34.9 Å². The standard InChI is InChI=1S/C15H19NO5/c1-2-20-7-8-21-6-5-16-15(19)12-3-4-13(10-17)14(9-12)11-18/h3-4,9-11H,2,5-8H2,1H3,(H,16,19). The first-order chi connectivity index (χ1) is 10.2. The number of hydrogen-bond acceptors (Lipinski definition) is 5. The molecule has 1 N–H and O–H groups in total. The summed E-state index contributed by atoms with van der Waals surface area (Å²) in [6.07, 6.45) is 1.13. The molecule has 114 valence electrons. The number of aldehydes is 2. The molecule has 1 rings (SSSR count). The fourth-order valence-corrected chi connectivity index (χ4v) is 1.63. The number of carbonyl (C=O) groups is 3. The smallest absolute Gasteiger partial charge is 0.251 e. The third-order valence-electron chi connectivity index (χ3n) is 2.71. The highest BCUT2D eigenvalue weighted by Crippen LogP contribution is 2.08. The molecule has 0 saturated carbocycles. The monoisotopic (exact) mass is 293 g/mol. The average Bonchev–Trinajstić information content (AvgIpc) is 2.53. The van der Waals surface area contributed by atoms with Crippen molar-refractivity contribution in [2.24, 2.45) is 0 Å². The molecule has 0 aliphatic rings. The van der Waals surface area contributed by atoms with E-state index >= 15 is 0 Å². The first kappa shape index (κ1) is 17.0. The average molecular weight is 293 g/mol. The largest absolute Gasteiger partial charge is 0.379 e. The maximum absolute atomic E-state index is 11.9. The van der Waals surface area contributed by atoms with Crippen LogP contribution in [0.3, 0.4) is 0 Å². The van der Waals surface area contributed by atoms with Crippen molar-refractivity contribution in [1.82, 2.24) is 5.32 Å². The van der Waals surface area contributed by atoms with Crippen LogP contribution in [0.15, 0.2) is 18.2 Å².